The van der Waals surface area contributed by atoms with Gasteiger partial charge in [0.1, 0.15) is 0 Å². The zero-order chi connectivity index (χ0) is 21.8. The van der Waals surface area contributed by atoms with E-state index in [1.807, 2.05) is 29.2 Å². The van der Waals surface area contributed by atoms with Crippen LogP contribution in [-0.4, -0.2) is 49.6 Å². The minimum Gasteiger partial charge on any atom is -0.368 e. The van der Waals surface area contributed by atoms with Gasteiger partial charge in [-0.2, -0.15) is 0 Å². The molecule has 3 N–H and O–H groups in total. The van der Waals surface area contributed by atoms with Gasteiger partial charge < -0.3 is 20.9 Å². The van der Waals surface area contributed by atoms with Crippen molar-refractivity contribution < 1.29 is 4.79 Å². The standard InChI is InChI=1S/C25H33ClN4O/c1-18(28-17-20-6-7-20)22-4-2-3-5-24(22)29-12-14-30(15-13-29)25(31)23(27)16-19-8-10-21(26)11-9-19/h2-5,8-11,18,20,23,28H,6-7,12-17,27H2,1H3. The number of rotatable bonds is 8. The fourth-order valence-corrected chi connectivity index (χ4v) is 4.41. The number of halogens is 1. The van der Waals surface area contributed by atoms with E-state index in [-0.39, 0.29) is 5.91 Å². The highest BCUT2D eigenvalue weighted by Crippen LogP contribution is 2.31. The number of benzene rings is 2. The molecule has 2 aromatic rings. The quantitative estimate of drug-likeness (QED) is 0.658. The van der Waals surface area contributed by atoms with E-state index >= 15 is 0 Å². The first-order valence-corrected chi connectivity index (χ1v) is 11.7. The molecule has 0 aromatic heterocycles. The highest BCUT2D eigenvalue weighted by Gasteiger charge is 2.27. The van der Waals surface area contributed by atoms with E-state index in [0.29, 0.717) is 30.6 Å². The summed E-state index contributed by atoms with van der Waals surface area (Å²) in [7, 11) is 0. The Kier molecular flexibility index (Phi) is 7.16. The molecule has 2 fully saturated rings. The van der Waals surface area contributed by atoms with Crippen LogP contribution >= 0.6 is 11.6 Å². The minimum atomic E-state index is -0.522. The minimum absolute atomic E-state index is 0.0300. The molecule has 2 atom stereocenters. The normalized spacial score (nSPS) is 18.7. The van der Waals surface area contributed by atoms with Gasteiger partial charge in [0, 0.05) is 42.9 Å². The molecule has 1 aliphatic carbocycles. The van der Waals surface area contributed by atoms with E-state index in [1.54, 1.807) is 0 Å². The first-order chi connectivity index (χ1) is 15.0. The number of carbonyl (C=O) groups excluding carboxylic acids is 1. The summed E-state index contributed by atoms with van der Waals surface area (Å²) in [6, 6.07) is 16.0. The lowest BCUT2D eigenvalue weighted by Gasteiger charge is -2.38. The number of nitrogens with one attached hydrogen (secondary N) is 1. The molecule has 1 amide bonds. The van der Waals surface area contributed by atoms with Gasteiger partial charge in [-0.3, -0.25) is 4.79 Å². The molecule has 5 nitrogen and oxygen atoms in total. The Balaban J connectivity index is 1.33. The third kappa shape index (κ3) is 5.79. The molecule has 0 bridgehead atoms. The summed E-state index contributed by atoms with van der Waals surface area (Å²) in [6.45, 7) is 6.40. The molecule has 1 saturated carbocycles. The molecule has 2 unspecified atom stereocenters. The molecule has 4 rings (SSSR count). The maximum atomic E-state index is 12.9. The van der Waals surface area contributed by atoms with Gasteiger partial charge in [-0.05, 0) is 68.0 Å². The van der Waals surface area contributed by atoms with Crippen LogP contribution in [0.3, 0.4) is 0 Å². The lowest BCUT2D eigenvalue weighted by Crippen LogP contribution is -2.53. The number of anilines is 1. The average Bonchev–Trinajstić information content (AvgIpc) is 3.63. The topological polar surface area (TPSA) is 61.6 Å². The van der Waals surface area contributed by atoms with Crippen LogP contribution in [0.5, 0.6) is 0 Å². The maximum Gasteiger partial charge on any atom is 0.239 e. The monoisotopic (exact) mass is 440 g/mol. The van der Waals surface area contributed by atoms with Crippen LogP contribution in [0.25, 0.3) is 0 Å². The van der Waals surface area contributed by atoms with Crippen molar-refractivity contribution in [1.29, 1.82) is 0 Å². The number of amides is 1. The third-order valence-electron chi connectivity index (χ3n) is 6.43. The SMILES string of the molecule is CC(NCC1CC1)c1ccccc1N1CCN(C(=O)C(N)Cc2ccc(Cl)cc2)CC1. The van der Waals surface area contributed by atoms with Crippen LogP contribution in [0.2, 0.25) is 5.02 Å². The van der Waals surface area contributed by atoms with Crippen LogP contribution in [-0.2, 0) is 11.2 Å². The molecule has 2 aromatic carbocycles. The number of carbonyl (C=O) groups is 1. The molecule has 0 spiro atoms. The Morgan fingerprint density at radius 3 is 2.45 bits per heavy atom. The Bertz CT molecular complexity index is 875. The van der Waals surface area contributed by atoms with Gasteiger partial charge >= 0.3 is 0 Å². The molecule has 0 radical (unpaired) electrons. The van der Waals surface area contributed by atoms with Crippen molar-refractivity contribution in [2.45, 2.75) is 38.3 Å². The van der Waals surface area contributed by atoms with E-state index in [4.69, 9.17) is 17.3 Å². The Morgan fingerprint density at radius 1 is 1.10 bits per heavy atom. The zero-order valence-electron chi connectivity index (χ0n) is 18.3. The largest absolute Gasteiger partial charge is 0.368 e. The van der Waals surface area contributed by atoms with Crippen molar-refractivity contribution in [2.24, 2.45) is 11.7 Å². The molecule has 1 saturated heterocycles. The molecule has 1 heterocycles. The summed E-state index contributed by atoms with van der Waals surface area (Å²) in [5.74, 6) is 0.892. The second-order valence-electron chi connectivity index (χ2n) is 8.88. The predicted octanol–water partition coefficient (Wildman–Crippen LogP) is 3.62. The number of nitrogens with zero attached hydrogens (tertiary/aromatic N) is 2. The van der Waals surface area contributed by atoms with Crippen LogP contribution in [0.1, 0.15) is 36.9 Å². The molecule has 166 valence electrons. The first kappa shape index (κ1) is 22.1. The molecule has 1 aliphatic heterocycles. The summed E-state index contributed by atoms with van der Waals surface area (Å²) in [4.78, 5) is 17.2. The average molecular weight is 441 g/mol. The van der Waals surface area contributed by atoms with Crippen LogP contribution < -0.4 is 16.0 Å². The molecular weight excluding hydrogens is 408 g/mol. The summed E-state index contributed by atoms with van der Waals surface area (Å²) >= 11 is 5.95. The van der Waals surface area contributed by atoms with E-state index < -0.39 is 6.04 Å². The predicted molar refractivity (Wildman–Crippen MR) is 128 cm³/mol. The van der Waals surface area contributed by atoms with E-state index in [9.17, 15) is 4.79 Å². The van der Waals surface area contributed by atoms with Gasteiger partial charge in [0.05, 0.1) is 6.04 Å². The molecule has 2 aliphatic rings. The van der Waals surface area contributed by atoms with Gasteiger partial charge in [0.25, 0.3) is 0 Å². The fraction of sp³-hybridized carbons (Fsp3) is 0.480. The van der Waals surface area contributed by atoms with Crippen LogP contribution in [0.4, 0.5) is 5.69 Å². The van der Waals surface area contributed by atoms with Gasteiger partial charge in [-0.15, -0.1) is 0 Å². The smallest absolute Gasteiger partial charge is 0.239 e. The molecule has 6 heteroatoms. The Morgan fingerprint density at radius 2 is 1.77 bits per heavy atom. The third-order valence-corrected chi connectivity index (χ3v) is 6.68. The van der Waals surface area contributed by atoms with Crippen molar-refractivity contribution >= 4 is 23.2 Å². The van der Waals surface area contributed by atoms with Gasteiger partial charge in [-0.1, -0.05) is 41.9 Å². The molecule has 31 heavy (non-hydrogen) atoms. The highest BCUT2D eigenvalue weighted by atomic mass is 35.5. The number of nitrogens with two attached hydrogens (primary N) is 1. The Hall–Kier alpha value is -2.08. The van der Waals surface area contributed by atoms with Gasteiger partial charge in [0.15, 0.2) is 0 Å². The summed E-state index contributed by atoms with van der Waals surface area (Å²) in [5, 5.41) is 4.38. The summed E-state index contributed by atoms with van der Waals surface area (Å²) in [6.07, 6.45) is 3.25. The molecular formula is C25H33ClN4O. The zero-order valence-corrected chi connectivity index (χ0v) is 19.0. The highest BCUT2D eigenvalue weighted by molar-refractivity contribution is 6.30. The van der Waals surface area contributed by atoms with Gasteiger partial charge in [-0.25, -0.2) is 0 Å². The second kappa shape index (κ2) is 10.0. The second-order valence-corrected chi connectivity index (χ2v) is 9.32. The van der Waals surface area contributed by atoms with Crippen LogP contribution in [0, 0.1) is 5.92 Å². The first-order valence-electron chi connectivity index (χ1n) is 11.4. The van der Waals surface area contributed by atoms with Gasteiger partial charge in [0.2, 0.25) is 5.91 Å². The van der Waals surface area contributed by atoms with Crippen molar-refractivity contribution in [2.75, 3.05) is 37.6 Å². The summed E-state index contributed by atoms with van der Waals surface area (Å²) < 4.78 is 0. The lowest BCUT2D eigenvalue weighted by atomic mass is 10.0. The van der Waals surface area contributed by atoms with E-state index in [0.717, 1.165) is 31.1 Å². The fourth-order valence-electron chi connectivity index (χ4n) is 4.28. The van der Waals surface area contributed by atoms with Crippen molar-refractivity contribution in [3.05, 3.63) is 64.7 Å². The maximum absolute atomic E-state index is 12.9. The van der Waals surface area contributed by atoms with E-state index in [2.05, 4.69) is 41.4 Å². The van der Waals surface area contributed by atoms with Crippen molar-refractivity contribution in [1.82, 2.24) is 10.2 Å². The summed E-state index contributed by atoms with van der Waals surface area (Å²) in [5.41, 5.74) is 9.89. The lowest BCUT2D eigenvalue weighted by molar-refractivity contribution is -0.132. The number of hydrogen-bond acceptors (Lipinski definition) is 4. The van der Waals surface area contributed by atoms with E-state index in [1.165, 1.54) is 24.1 Å². The number of piperazine rings is 1. The number of para-hydroxylation sites is 1. The van der Waals surface area contributed by atoms with Crippen molar-refractivity contribution in [3.63, 3.8) is 0 Å². The van der Waals surface area contributed by atoms with Crippen LogP contribution in [0.15, 0.2) is 48.5 Å². The number of hydrogen-bond donors (Lipinski definition) is 2. The van der Waals surface area contributed by atoms with Crippen molar-refractivity contribution in [3.8, 4) is 0 Å². The Labute approximate surface area is 190 Å².